The van der Waals surface area contributed by atoms with Gasteiger partial charge in [-0.1, -0.05) is 80.9 Å². The second kappa shape index (κ2) is 12.8. The van der Waals surface area contributed by atoms with E-state index in [1.807, 2.05) is 12.1 Å². The van der Waals surface area contributed by atoms with Crippen molar-refractivity contribution >= 4 is 11.6 Å². The minimum Gasteiger partial charge on any atom is -0.300 e. The Balaban J connectivity index is 0.000000191. The van der Waals surface area contributed by atoms with Gasteiger partial charge in [-0.25, -0.2) is 0 Å². The van der Waals surface area contributed by atoms with E-state index >= 15 is 0 Å². The number of benzene rings is 2. The zero-order chi connectivity index (χ0) is 24.5. The van der Waals surface area contributed by atoms with Crippen molar-refractivity contribution in [1.29, 1.82) is 0 Å². The van der Waals surface area contributed by atoms with Gasteiger partial charge in [-0.05, 0) is 42.9 Å². The van der Waals surface area contributed by atoms with Crippen LogP contribution in [0.2, 0.25) is 0 Å². The fraction of sp³-hybridized carbons (Fsp3) is 0.467. The fourth-order valence-corrected chi connectivity index (χ4v) is 5.20. The zero-order valence-electron chi connectivity index (χ0n) is 21.3. The van der Waals surface area contributed by atoms with Gasteiger partial charge < -0.3 is 0 Å². The molecule has 4 heteroatoms. The Bertz CT molecular complexity index is 928. The maximum Gasteiger partial charge on any atom is 0.157 e. The molecule has 0 saturated carbocycles. The molecule has 0 amide bonds. The number of rotatable bonds is 8. The van der Waals surface area contributed by atoms with Crippen LogP contribution in [0.1, 0.15) is 51.7 Å². The molecule has 0 radical (unpaired) electrons. The lowest BCUT2D eigenvalue weighted by atomic mass is 9.91. The molecule has 1 saturated heterocycles. The Morgan fingerprint density at radius 3 is 1.76 bits per heavy atom. The number of nitrogens with zero attached hydrogens (tertiary/aromatic N) is 2. The highest BCUT2D eigenvalue weighted by Crippen LogP contribution is 2.28. The van der Waals surface area contributed by atoms with Crippen LogP contribution in [0, 0.1) is 11.8 Å². The van der Waals surface area contributed by atoms with E-state index in [1.165, 1.54) is 16.7 Å². The van der Waals surface area contributed by atoms with Gasteiger partial charge in [0.05, 0.1) is 0 Å². The van der Waals surface area contributed by atoms with Crippen LogP contribution in [-0.2, 0) is 22.7 Å². The Kier molecular flexibility index (Phi) is 9.79. The van der Waals surface area contributed by atoms with Crippen LogP contribution in [0.4, 0.5) is 0 Å². The molecule has 1 fully saturated rings. The standard InChI is InChI=1S/C15H21NO.C15H19NO/c2*1-3-14-10-16(11-15(14)12(2)17)9-13-7-5-4-6-8-13/h4-8,14-15H,3,9-11H2,1-2H3;4-8H,3,9-11H2,1-2H3. The lowest BCUT2D eigenvalue weighted by Crippen LogP contribution is -2.22. The van der Waals surface area contributed by atoms with E-state index in [0.717, 1.165) is 57.7 Å². The highest BCUT2D eigenvalue weighted by molar-refractivity contribution is 5.95. The van der Waals surface area contributed by atoms with Crippen molar-refractivity contribution in [3.05, 3.63) is 82.9 Å². The van der Waals surface area contributed by atoms with Gasteiger partial charge in [0.2, 0.25) is 0 Å². The quantitative estimate of drug-likeness (QED) is 0.519. The molecule has 2 aliphatic rings. The zero-order valence-corrected chi connectivity index (χ0v) is 21.3. The largest absolute Gasteiger partial charge is 0.300 e. The minimum atomic E-state index is 0.234. The van der Waals surface area contributed by atoms with Gasteiger partial charge in [-0.3, -0.25) is 19.4 Å². The van der Waals surface area contributed by atoms with Crippen molar-refractivity contribution in [1.82, 2.24) is 9.80 Å². The van der Waals surface area contributed by atoms with E-state index in [1.54, 1.807) is 13.8 Å². The molecule has 0 N–H and O–H groups in total. The van der Waals surface area contributed by atoms with Gasteiger partial charge in [-0.2, -0.15) is 0 Å². The molecule has 2 aromatic rings. The molecule has 2 aromatic carbocycles. The van der Waals surface area contributed by atoms with Crippen molar-refractivity contribution in [2.24, 2.45) is 11.8 Å². The van der Waals surface area contributed by atoms with Crippen molar-refractivity contribution in [2.45, 2.75) is 53.6 Å². The van der Waals surface area contributed by atoms with Crippen LogP contribution >= 0.6 is 0 Å². The van der Waals surface area contributed by atoms with Gasteiger partial charge >= 0.3 is 0 Å². The Hall–Kier alpha value is -2.56. The number of Topliss-reactive ketones (excluding diaryl/α,β-unsaturated/α-hetero) is 2. The summed E-state index contributed by atoms with van der Waals surface area (Å²) in [6.07, 6.45) is 2.09. The molecule has 2 heterocycles. The summed E-state index contributed by atoms with van der Waals surface area (Å²) in [7, 11) is 0. The maximum absolute atomic E-state index is 11.6. The molecule has 0 bridgehead atoms. The third-order valence-electron chi connectivity index (χ3n) is 7.14. The Morgan fingerprint density at radius 2 is 1.35 bits per heavy atom. The minimum absolute atomic E-state index is 0.234. The molecular weight excluding hydrogens is 420 g/mol. The van der Waals surface area contributed by atoms with Crippen LogP contribution in [0.25, 0.3) is 0 Å². The average molecular weight is 461 g/mol. The lowest BCUT2D eigenvalue weighted by Gasteiger charge is -2.15. The molecule has 0 spiro atoms. The molecule has 2 aliphatic heterocycles. The number of hydrogen-bond donors (Lipinski definition) is 0. The first-order valence-electron chi connectivity index (χ1n) is 12.7. The number of carbonyl (C=O) groups excluding carboxylic acids is 2. The molecule has 34 heavy (non-hydrogen) atoms. The molecule has 0 aromatic heterocycles. The van der Waals surface area contributed by atoms with Crippen molar-refractivity contribution in [3.63, 3.8) is 0 Å². The summed E-state index contributed by atoms with van der Waals surface area (Å²) in [4.78, 5) is 27.9. The summed E-state index contributed by atoms with van der Waals surface area (Å²) in [5.41, 5.74) is 5.00. The van der Waals surface area contributed by atoms with Gasteiger partial charge in [0.15, 0.2) is 5.78 Å². The van der Waals surface area contributed by atoms with Crippen LogP contribution in [0.5, 0.6) is 0 Å². The Labute approximate surface area is 205 Å². The number of ketones is 2. The third-order valence-corrected chi connectivity index (χ3v) is 7.14. The molecular formula is C30H40N2O2. The number of likely N-dealkylation sites (tertiary alicyclic amines) is 1. The molecule has 182 valence electrons. The SMILES string of the molecule is CCC1=C(C(C)=O)CN(Cc2ccccc2)C1.CCC1CN(Cc2ccccc2)CC1C(C)=O. The van der Waals surface area contributed by atoms with E-state index < -0.39 is 0 Å². The van der Waals surface area contributed by atoms with Crippen LogP contribution in [0.3, 0.4) is 0 Å². The van der Waals surface area contributed by atoms with E-state index in [4.69, 9.17) is 0 Å². The monoisotopic (exact) mass is 460 g/mol. The van der Waals surface area contributed by atoms with Gasteiger partial charge in [0.1, 0.15) is 5.78 Å². The molecule has 2 atom stereocenters. The summed E-state index contributed by atoms with van der Waals surface area (Å²) >= 11 is 0. The molecule has 2 unspecified atom stereocenters. The summed E-state index contributed by atoms with van der Waals surface area (Å²) in [6, 6.07) is 20.9. The highest BCUT2D eigenvalue weighted by atomic mass is 16.1. The van der Waals surface area contributed by atoms with E-state index in [-0.39, 0.29) is 11.7 Å². The molecule has 4 rings (SSSR count). The van der Waals surface area contributed by atoms with Crippen LogP contribution < -0.4 is 0 Å². The first kappa shape index (κ1) is 26.1. The van der Waals surface area contributed by atoms with Gasteiger partial charge in [-0.15, -0.1) is 0 Å². The topological polar surface area (TPSA) is 40.6 Å². The predicted octanol–water partition coefficient (Wildman–Crippen LogP) is 5.53. The smallest absolute Gasteiger partial charge is 0.157 e. The fourth-order valence-electron chi connectivity index (χ4n) is 5.20. The average Bonchev–Trinajstić information content (AvgIpc) is 3.45. The second-order valence-corrected chi connectivity index (χ2v) is 9.69. The van der Waals surface area contributed by atoms with Crippen LogP contribution in [-0.4, -0.2) is 47.5 Å². The number of carbonyl (C=O) groups is 2. The van der Waals surface area contributed by atoms with Crippen molar-refractivity contribution in [3.8, 4) is 0 Å². The third kappa shape index (κ3) is 7.22. The van der Waals surface area contributed by atoms with Gasteiger partial charge in [0.25, 0.3) is 0 Å². The predicted molar refractivity (Wildman–Crippen MR) is 139 cm³/mol. The normalized spacial score (nSPS) is 20.8. The summed E-state index contributed by atoms with van der Waals surface area (Å²) in [6.45, 7) is 13.4. The lowest BCUT2D eigenvalue weighted by molar-refractivity contribution is -0.121. The van der Waals surface area contributed by atoms with E-state index in [9.17, 15) is 9.59 Å². The Morgan fingerprint density at radius 1 is 0.794 bits per heavy atom. The maximum atomic E-state index is 11.6. The first-order valence-corrected chi connectivity index (χ1v) is 12.7. The first-order chi connectivity index (χ1) is 16.4. The van der Waals surface area contributed by atoms with Crippen molar-refractivity contribution in [2.75, 3.05) is 26.2 Å². The summed E-state index contributed by atoms with van der Waals surface area (Å²) in [5.74, 6) is 1.39. The van der Waals surface area contributed by atoms with Gasteiger partial charge in [0, 0.05) is 50.8 Å². The molecule has 0 aliphatic carbocycles. The molecule has 4 nitrogen and oxygen atoms in total. The van der Waals surface area contributed by atoms with Crippen molar-refractivity contribution < 1.29 is 9.59 Å². The summed E-state index contributed by atoms with van der Waals surface area (Å²) in [5, 5.41) is 0. The summed E-state index contributed by atoms with van der Waals surface area (Å²) < 4.78 is 0. The van der Waals surface area contributed by atoms with E-state index in [0.29, 0.717) is 11.7 Å². The number of hydrogen-bond acceptors (Lipinski definition) is 4. The second-order valence-electron chi connectivity index (χ2n) is 9.69. The van der Waals surface area contributed by atoms with E-state index in [2.05, 4.69) is 72.2 Å². The highest BCUT2D eigenvalue weighted by Gasteiger charge is 2.34. The van der Waals surface area contributed by atoms with Crippen LogP contribution in [0.15, 0.2) is 71.8 Å².